The molecular formula is C23H25NO3. The van der Waals surface area contributed by atoms with Crippen LogP contribution in [0.25, 0.3) is 0 Å². The number of methoxy groups -OCH3 is 1. The van der Waals surface area contributed by atoms with E-state index in [0.717, 1.165) is 28.5 Å². The maximum absolute atomic E-state index is 5.98. The van der Waals surface area contributed by atoms with E-state index in [0.29, 0.717) is 13.2 Å². The molecule has 0 fully saturated rings. The Hall–Kier alpha value is -3.14. The number of nitrogens with one attached hydrogen (secondary N) is 1. The third-order valence-electron chi connectivity index (χ3n) is 4.10. The molecule has 1 N–H and O–H groups in total. The molecule has 0 amide bonds. The van der Waals surface area contributed by atoms with Gasteiger partial charge in [-0.05, 0) is 48.9 Å². The smallest absolute Gasteiger partial charge is 0.142 e. The van der Waals surface area contributed by atoms with Crippen LogP contribution in [0.2, 0.25) is 0 Å². The Bertz CT molecular complexity index is 819. The molecule has 0 saturated carbocycles. The molecule has 3 rings (SSSR count). The zero-order valence-corrected chi connectivity index (χ0v) is 15.7. The fraction of sp³-hybridized carbons (Fsp3) is 0.217. The molecule has 1 atom stereocenters. The van der Waals surface area contributed by atoms with E-state index < -0.39 is 0 Å². The molecule has 0 radical (unpaired) electrons. The van der Waals surface area contributed by atoms with Gasteiger partial charge in [0.05, 0.1) is 19.3 Å². The molecule has 3 aromatic rings. The molecule has 0 aliphatic carbocycles. The molecule has 0 aromatic heterocycles. The van der Waals surface area contributed by atoms with E-state index >= 15 is 0 Å². The first-order valence-corrected chi connectivity index (χ1v) is 9.05. The highest BCUT2D eigenvalue weighted by atomic mass is 16.5. The Morgan fingerprint density at radius 3 is 2.22 bits per heavy atom. The third kappa shape index (κ3) is 5.68. The normalized spacial score (nSPS) is 11.5. The predicted octanol–water partition coefficient (Wildman–Crippen LogP) is 5.15. The monoisotopic (exact) mass is 363 g/mol. The minimum Gasteiger partial charge on any atom is -0.497 e. The van der Waals surface area contributed by atoms with Crippen molar-refractivity contribution in [2.75, 3.05) is 19.0 Å². The molecule has 0 heterocycles. The number of rotatable bonds is 9. The molecule has 1 unspecified atom stereocenters. The summed E-state index contributed by atoms with van der Waals surface area (Å²) < 4.78 is 17.1. The highest BCUT2D eigenvalue weighted by molar-refractivity contribution is 5.56. The van der Waals surface area contributed by atoms with Gasteiger partial charge in [-0.1, -0.05) is 42.5 Å². The van der Waals surface area contributed by atoms with Gasteiger partial charge in [-0.15, -0.1) is 0 Å². The van der Waals surface area contributed by atoms with Crippen molar-refractivity contribution in [2.45, 2.75) is 19.6 Å². The van der Waals surface area contributed by atoms with Crippen LogP contribution in [0.3, 0.4) is 0 Å². The van der Waals surface area contributed by atoms with E-state index in [2.05, 4.69) is 17.4 Å². The van der Waals surface area contributed by atoms with Crippen LogP contribution in [0.1, 0.15) is 12.5 Å². The molecule has 27 heavy (non-hydrogen) atoms. The van der Waals surface area contributed by atoms with E-state index in [4.69, 9.17) is 14.2 Å². The fourth-order valence-corrected chi connectivity index (χ4v) is 2.66. The second-order valence-corrected chi connectivity index (χ2v) is 6.26. The largest absolute Gasteiger partial charge is 0.497 e. The lowest BCUT2D eigenvalue weighted by atomic mass is 10.2. The Morgan fingerprint density at radius 1 is 0.815 bits per heavy atom. The van der Waals surface area contributed by atoms with Gasteiger partial charge in [-0.3, -0.25) is 0 Å². The van der Waals surface area contributed by atoms with Gasteiger partial charge in [0.1, 0.15) is 30.0 Å². The van der Waals surface area contributed by atoms with Crippen molar-refractivity contribution in [3.63, 3.8) is 0 Å². The summed E-state index contributed by atoms with van der Waals surface area (Å²) in [4.78, 5) is 0. The number of benzene rings is 3. The molecule has 0 spiro atoms. The number of hydrogen-bond donors (Lipinski definition) is 1. The Morgan fingerprint density at radius 2 is 1.48 bits per heavy atom. The number of ether oxygens (including phenoxy) is 3. The summed E-state index contributed by atoms with van der Waals surface area (Å²) in [6.07, 6.45) is 0.000532. The van der Waals surface area contributed by atoms with Crippen LogP contribution >= 0.6 is 0 Å². The molecule has 0 bridgehead atoms. The summed E-state index contributed by atoms with van der Waals surface area (Å²) >= 11 is 0. The zero-order valence-electron chi connectivity index (χ0n) is 15.7. The van der Waals surface area contributed by atoms with Crippen molar-refractivity contribution in [2.24, 2.45) is 0 Å². The van der Waals surface area contributed by atoms with Gasteiger partial charge < -0.3 is 19.5 Å². The standard InChI is InChI=1S/C23H25NO3/c1-18(27-21-14-12-20(25-2)13-15-21)16-24-22-10-6-7-11-23(22)26-17-19-8-4-3-5-9-19/h3-15,18,24H,16-17H2,1-2H3. The van der Waals surface area contributed by atoms with Gasteiger partial charge in [0.15, 0.2) is 0 Å². The molecule has 0 saturated heterocycles. The van der Waals surface area contributed by atoms with Crippen molar-refractivity contribution in [3.05, 3.63) is 84.4 Å². The van der Waals surface area contributed by atoms with Crippen LogP contribution in [0.15, 0.2) is 78.9 Å². The Kier molecular flexibility index (Phi) is 6.58. The predicted molar refractivity (Wildman–Crippen MR) is 109 cm³/mol. The topological polar surface area (TPSA) is 39.7 Å². The van der Waals surface area contributed by atoms with E-state index in [1.54, 1.807) is 7.11 Å². The summed E-state index contributed by atoms with van der Waals surface area (Å²) in [5, 5.41) is 3.42. The van der Waals surface area contributed by atoms with Gasteiger partial charge in [-0.2, -0.15) is 0 Å². The maximum Gasteiger partial charge on any atom is 0.142 e. The molecule has 0 aliphatic rings. The van der Waals surface area contributed by atoms with Crippen LogP contribution < -0.4 is 19.5 Å². The van der Waals surface area contributed by atoms with Gasteiger partial charge >= 0.3 is 0 Å². The third-order valence-corrected chi connectivity index (χ3v) is 4.10. The first kappa shape index (κ1) is 18.6. The Balaban J connectivity index is 1.53. The number of anilines is 1. The summed E-state index contributed by atoms with van der Waals surface area (Å²) in [6.45, 7) is 3.24. The minimum atomic E-state index is 0.000532. The van der Waals surface area contributed by atoms with Gasteiger partial charge in [0.2, 0.25) is 0 Å². The molecule has 140 valence electrons. The fourth-order valence-electron chi connectivity index (χ4n) is 2.66. The lowest BCUT2D eigenvalue weighted by Crippen LogP contribution is -2.22. The number of hydrogen-bond acceptors (Lipinski definition) is 4. The van der Waals surface area contributed by atoms with Crippen molar-refractivity contribution in [3.8, 4) is 17.2 Å². The average molecular weight is 363 g/mol. The quantitative estimate of drug-likeness (QED) is 0.570. The lowest BCUT2D eigenvalue weighted by Gasteiger charge is -2.18. The summed E-state index contributed by atoms with van der Waals surface area (Å²) in [5.74, 6) is 2.47. The highest BCUT2D eigenvalue weighted by Crippen LogP contribution is 2.25. The van der Waals surface area contributed by atoms with Crippen LogP contribution in [-0.2, 0) is 6.61 Å². The van der Waals surface area contributed by atoms with Gasteiger partial charge in [0.25, 0.3) is 0 Å². The second kappa shape index (κ2) is 9.53. The molecule has 4 heteroatoms. The minimum absolute atomic E-state index is 0.000532. The maximum atomic E-state index is 5.98. The van der Waals surface area contributed by atoms with Crippen molar-refractivity contribution in [1.29, 1.82) is 0 Å². The van der Waals surface area contributed by atoms with Crippen LogP contribution in [0, 0.1) is 0 Å². The molecule has 3 aromatic carbocycles. The van der Waals surface area contributed by atoms with E-state index in [1.165, 1.54) is 0 Å². The van der Waals surface area contributed by atoms with Crippen molar-refractivity contribution < 1.29 is 14.2 Å². The van der Waals surface area contributed by atoms with Gasteiger partial charge in [0, 0.05) is 0 Å². The molecule has 0 aliphatic heterocycles. The zero-order chi connectivity index (χ0) is 18.9. The van der Waals surface area contributed by atoms with Crippen molar-refractivity contribution >= 4 is 5.69 Å². The Labute approximate surface area is 160 Å². The van der Waals surface area contributed by atoms with E-state index in [1.807, 2.05) is 73.7 Å². The average Bonchev–Trinajstić information content (AvgIpc) is 2.72. The molecular weight excluding hydrogens is 338 g/mol. The molecule has 4 nitrogen and oxygen atoms in total. The first-order valence-electron chi connectivity index (χ1n) is 9.05. The van der Waals surface area contributed by atoms with Crippen molar-refractivity contribution in [1.82, 2.24) is 0 Å². The van der Waals surface area contributed by atoms with E-state index in [-0.39, 0.29) is 6.10 Å². The summed E-state index contributed by atoms with van der Waals surface area (Å²) in [7, 11) is 1.65. The van der Waals surface area contributed by atoms with Gasteiger partial charge in [-0.25, -0.2) is 0 Å². The van der Waals surface area contributed by atoms with Crippen LogP contribution in [0.5, 0.6) is 17.2 Å². The SMILES string of the molecule is COc1ccc(OC(C)CNc2ccccc2OCc2ccccc2)cc1. The first-order chi connectivity index (χ1) is 13.2. The summed E-state index contributed by atoms with van der Waals surface area (Å²) in [6, 6.07) is 25.7. The number of para-hydroxylation sites is 2. The van der Waals surface area contributed by atoms with Crippen LogP contribution in [0.4, 0.5) is 5.69 Å². The van der Waals surface area contributed by atoms with Crippen LogP contribution in [-0.4, -0.2) is 19.8 Å². The van der Waals surface area contributed by atoms with E-state index in [9.17, 15) is 0 Å². The lowest BCUT2D eigenvalue weighted by molar-refractivity contribution is 0.234. The second-order valence-electron chi connectivity index (χ2n) is 6.26. The summed E-state index contributed by atoms with van der Waals surface area (Å²) in [5.41, 5.74) is 2.10. The highest BCUT2D eigenvalue weighted by Gasteiger charge is 2.08.